The third-order valence-electron chi connectivity index (χ3n) is 5.67. The molecule has 1 aromatic carbocycles. The Hall–Kier alpha value is -3.16. The molecule has 33 heavy (non-hydrogen) atoms. The van der Waals surface area contributed by atoms with Crippen LogP contribution in [0.2, 0.25) is 0 Å². The molecule has 0 saturated carbocycles. The first kappa shape index (κ1) is 23.0. The summed E-state index contributed by atoms with van der Waals surface area (Å²) in [5.41, 5.74) is 1.47. The van der Waals surface area contributed by atoms with Gasteiger partial charge in [-0.15, -0.1) is 0 Å². The molecule has 0 bridgehead atoms. The van der Waals surface area contributed by atoms with Crippen LogP contribution in [0.4, 0.5) is 11.5 Å². The predicted molar refractivity (Wildman–Crippen MR) is 124 cm³/mol. The second-order valence-electron chi connectivity index (χ2n) is 8.09. The van der Waals surface area contributed by atoms with Crippen LogP contribution < -0.4 is 10.1 Å². The van der Waals surface area contributed by atoms with Crippen molar-refractivity contribution in [2.75, 3.05) is 31.4 Å². The lowest BCUT2D eigenvalue weighted by molar-refractivity contribution is 0.0358. The first-order valence-electron chi connectivity index (χ1n) is 11.0. The molecule has 2 aromatic heterocycles. The van der Waals surface area contributed by atoms with E-state index < -0.39 is 9.84 Å². The van der Waals surface area contributed by atoms with E-state index in [0.717, 1.165) is 18.4 Å². The average Bonchev–Trinajstić information content (AvgIpc) is 3.18. The molecule has 0 amide bonds. The number of fused-ring (bicyclic) bond motifs is 1. The van der Waals surface area contributed by atoms with Crippen molar-refractivity contribution in [1.29, 1.82) is 5.26 Å². The van der Waals surface area contributed by atoms with Gasteiger partial charge in [-0.1, -0.05) is 13.3 Å². The van der Waals surface area contributed by atoms with Crippen LogP contribution in [-0.2, 0) is 14.6 Å². The molecule has 0 aliphatic carbocycles. The van der Waals surface area contributed by atoms with Gasteiger partial charge in [0.15, 0.2) is 15.7 Å². The molecule has 1 saturated heterocycles. The predicted octanol–water partition coefficient (Wildman–Crippen LogP) is 3.86. The summed E-state index contributed by atoms with van der Waals surface area (Å²) in [7, 11) is -3.29. The van der Waals surface area contributed by atoms with E-state index in [1.54, 1.807) is 30.5 Å². The van der Waals surface area contributed by atoms with Crippen molar-refractivity contribution in [3.8, 4) is 11.9 Å². The van der Waals surface area contributed by atoms with Gasteiger partial charge in [-0.25, -0.2) is 13.4 Å². The lowest BCUT2D eigenvalue weighted by Gasteiger charge is -2.27. The van der Waals surface area contributed by atoms with Crippen LogP contribution in [0, 0.1) is 17.2 Å². The number of hydrogen-bond donors (Lipinski definition) is 1. The van der Waals surface area contributed by atoms with Gasteiger partial charge in [0.1, 0.15) is 5.39 Å². The normalized spacial score (nSPS) is 18.7. The molecular weight excluding hydrogens is 442 g/mol. The maximum atomic E-state index is 11.8. The Kier molecular flexibility index (Phi) is 6.81. The van der Waals surface area contributed by atoms with Gasteiger partial charge in [0.05, 0.1) is 41.7 Å². The van der Waals surface area contributed by atoms with Crippen molar-refractivity contribution in [2.24, 2.45) is 5.92 Å². The Morgan fingerprint density at radius 3 is 2.79 bits per heavy atom. The van der Waals surface area contributed by atoms with Crippen molar-refractivity contribution < 1.29 is 17.9 Å². The lowest BCUT2D eigenvalue weighted by atomic mass is 9.96. The van der Waals surface area contributed by atoms with Crippen LogP contribution in [0.25, 0.3) is 10.9 Å². The maximum Gasteiger partial charge on any atom is 0.226 e. The summed E-state index contributed by atoms with van der Waals surface area (Å²) in [5.74, 6) is 0.771. The number of anilines is 2. The molecule has 1 fully saturated rings. The van der Waals surface area contributed by atoms with Crippen LogP contribution in [0.15, 0.2) is 41.4 Å². The van der Waals surface area contributed by atoms with E-state index in [1.165, 1.54) is 6.26 Å². The number of nitrogens with zero attached hydrogens (tertiary/aromatic N) is 4. The molecule has 1 aliphatic rings. The van der Waals surface area contributed by atoms with E-state index in [9.17, 15) is 13.7 Å². The number of unbranched alkanes of at least 4 members (excludes halogenated alkanes) is 1. The quantitative estimate of drug-likeness (QED) is 0.494. The molecular formula is C23H27N5O4S. The second-order valence-corrected chi connectivity index (χ2v) is 10.1. The maximum absolute atomic E-state index is 11.8. The average molecular weight is 470 g/mol. The van der Waals surface area contributed by atoms with Crippen molar-refractivity contribution in [3.63, 3.8) is 0 Å². The summed E-state index contributed by atoms with van der Waals surface area (Å²) < 4.78 is 37.0. The number of aromatic nitrogens is 3. The summed E-state index contributed by atoms with van der Waals surface area (Å²) in [4.78, 5) is 4.67. The first-order chi connectivity index (χ1) is 15.9. The molecule has 3 heterocycles. The number of hydrogen-bond acceptors (Lipinski definition) is 8. The zero-order valence-corrected chi connectivity index (χ0v) is 19.5. The smallest absolute Gasteiger partial charge is 0.226 e. The standard InChI is InChI=1S/C23H27N5O4S/c1-3-4-12-32-23-21-19(9-11-25-23)28(20-15-31-13-10-16(20)14-24)27-22(21)26-17-5-7-18(8-6-17)33(2,29)30/h5-9,11,16,20H,3-4,10,12-13,15H2,1-2H3,(H,26,27)/t16?,20-/m1/s1. The summed E-state index contributed by atoms with van der Waals surface area (Å²) in [5, 5.41) is 18.5. The number of nitriles is 1. The van der Waals surface area contributed by atoms with Crippen molar-refractivity contribution in [3.05, 3.63) is 36.5 Å². The van der Waals surface area contributed by atoms with Gasteiger partial charge in [0, 0.05) is 24.7 Å². The molecule has 174 valence electrons. The number of sulfone groups is 1. The Bertz CT molecular complexity index is 1260. The Morgan fingerprint density at radius 1 is 1.30 bits per heavy atom. The SMILES string of the molecule is CCCCOc1nccc2c1c(Nc1ccc(S(C)(=O)=O)cc1)nn2[C@@H]1COCCC1C#N. The highest BCUT2D eigenvalue weighted by atomic mass is 32.2. The van der Waals surface area contributed by atoms with Crippen LogP contribution in [0.3, 0.4) is 0 Å². The Balaban J connectivity index is 1.77. The fraction of sp³-hybridized carbons (Fsp3) is 0.435. The molecule has 9 nitrogen and oxygen atoms in total. The highest BCUT2D eigenvalue weighted by Crippen LogP contribution is 2.37. The highest BCUT2D eigenvalue weighted by Gasteiger charge is 2.31. The molecule has 1 N–H and O–H groups in total. The zero-order chi connectivity index (χ0) is 23.4. The minimum atomic E-state index is -3.29. The largest absolute Gasteiger partial charge is 0.477 e. The Labute approximate surface area is 193 Å². The number of pyridine rings is 1. The number of benzene rings is 1. The molecule has 3 aromatic rings. The van der Waals surface area contributed by atoms with Crippen molar-refractivity contribution in [2.45, 2.75) is 37.1 Å². The molecule has 1 unspecified atom stereocenters. The third-order valence-corrected chi connectivity index (χ3v) is 6.80. The third kappa shape index (κ3) is 4.94. The zero-order valence-electron chi connectivity index (χ0n) is 18.7. The van der Waals surface area contributed by atoms with Gasteiger partial charge in [-0.2, -0.15) is 10.4 Å². The van der Waals surface area contributed by atoms with Gasteiger partial charge < -0.3 is 14.8 Å². The topological polar surface area (TPSA) is 119 Å². The van der Waals surface area contributed by atoms with Crippen molar-refractivity contribution in [1.82, 2.24) is 14.8 Å². The first-order valence-corrected chi connectivity index (χ1v) is 12.9. The number of ether oxygens (including phenoxy) is 2. The van der Waals surface area contributed by atoms with E-state index in [1.807, 2.05) is 10.7 Å². The summed E-state index contributed by atoms with van der Waals surface area (Å²) in [6, 6.07) is 10.5. The van der Waals surface area contributed by atoms with Crippen LogP contribution in [-0.4, -0.2) is 49.3 Å². The van der Waals surface area contributed by atoms with Gasteiger partial charge in [-0.3, -0.25) is 4.68 Å². The van der Waals surface area contributed by atoms with E-state index >= 15 is 0 Å². The Morgan fingerprint density at radius 2 is 2.09 bits per heavy atom. The molecule has 0 spiro atoms. The van der Waals surface area contributed by atoms with E-state index in [0.29, 0.717) is 49.0 Å². The van der Waals surface area contributed by atoms with Crippen LogP contribution >= 0.6 is 0 Å². The number of nitrogens with one attached hydrogen (secondary N) is 1. The van der Waals surface area contributed by atoms with E-state index in [4.69, 9.17) is 14.6 Å². The highest BCUT2D eigenvalue weighted by molar-refractivity contribution is 7.90. The molecule has 0 radical (unpaired) electrons. The summed E-state index contributed by atoms with van der Waals surface area (Å²) >= 11 is 0. The molecule has 4 rings (SSSR count). The van der Waals surface area contributed by atoms with E-state index in [-0.39, 0.29) is 16.9 Å². The fourth-order valence-corrected chi connectivity index (χ4v) is 4.49. The van der Waals surface area contributed by atoms with Crippen LogP contribution in [0.5, 0.6) is 5.88 Å². The minimum absolute atomic E-state index is 0.221. The number of rotatable bonds is 8. The van der Waals surface area contributed by atoms with Gasteiger partial charge in [0.2, 0.25) is 5.88 Å². The second kappa shape index (κ2) is 9.77. The van der Waals surface area contributed by atoms with Gasteiger partial charge in [-0.05, 0) is 43.2 Å². The summed E-state index contributed by atoms with van der Waals surface area (Å²) in [6.07, 6.45) is 5.39. The molecule has 1 aliphatic heterocycles. The monoisotopic (exact) mass is 469 g/mol. The van der Waals surface area contributed by atoms with Crippen LogP contribution in [0.1, 0.15) is 32.2 Å². The summed E-state index contributed by atoms with van der Waals surface area (Å²) in [6.45, 7) is 3.57. The van der Waals surface area contributed by atoms with Gasteiger partial charge in [0.25, 0.3) is 0 Å². The minimum Gasteiger partial charge on any atom is -0.477 e. The van der Waals surface area contributed by atoms with Gasteiger partial charge >= 0.3 is 0 Å². The van der Waals surface area contributed by atoms with Crippen molar-refractivity contribution >= 4 is 32.2 Å². The molecule has 10 heteroatoms. The lowest BCUT2D eigenvalue weighted by Crippen LogP contribution is -2.30. The van der Waals surface area contributed by atoms with E-state index in [2.05, 4.69) is 23.3 Å². The fourth-order valence-electron chi connectivity index (χ4n) is 3.86. The molecule has 2 atom stereocenters.